The number of sulfonamides is 1. The third kappa shape index (κ3) is 3.18. The van der Waals surface area contributed by atoms with Gasteiger partial charge in [-0.05, 0) is 36.6 Å². The van der Waals surface area contributed by atoms with Crippen molar-refractivity contribution in [3.05, 3.63) is 28.7 Å². The van der Waals surface area contributed by atoms with E-state index in [0.29, 0.717) is 23.9 Å². The van der Waals surface area contributed by atoms with E-state index in [0.717, 1.165) is 10.9 Å². The SMILES string of the molecule is COC1CN(S(=O)(=O)c2ccc(Br)cc2)CCC1C. The average molecular weight is 348 g/mol. The Morgan fingerprint density at radius 3 is 2.53 bits per heavy atom. The van der Waals surface area contributed by atoms with Crippen LogP contribution in [0.4, 0.5) is 0 Å². The molecular formula is C13H18BrNO3S. The molecule has 2 atom stereocenters. The summed E-state index contributed by atoms with van der Waals surface area (Å²) < 4.78 is 32.8. The minimum Gasteiger partial charge on any atom is -0.380 e. The zero-order chi connectivity index (χ0) is 14.0. The molecule has 0 bridgehead atoms. The molecule has 0 N–H and O–H groups in total. The molecule has 0 saturated carbocycles. The molecule has 19 heavy (non-hydrogen) atoms. The third-order valence-electron chi connectivity index (χ3n) is 3.61. The second kappa shape index (κ2) is 5.91. The molecule has 1 aliphatic rings. The van der Waals surface area contributed by atoms with Crippen molar-refractivity contribution in [2.24, 2.45) is 5.92 Å². The van der Waals surface area contributed by atoms with E-state index in [9.17, 15) is 8.42 Å². The average Bonchev–Trinajstić information content (AvgIpc) is 2.39. The van der Waals surface area contributed by atoms with Crippen molar-refractivity contribution < 1.29 is 13.2 Å². The van der Waals surface area contributed by atoms with Gasteiger partial charge in [0, 0.05) is 24.7 Å². The lowest BCUT2D eigenvalue weighted by Crippen LogP contribution is -2.46. The van der Waals surface area contributed by atoms with Crippen LogP contribution in [0.15, 0.2) is 33.6 Å². The number of methoxy groups -OCH3 is 1. The maximum absolute atomic E-state index is 12.5. The lowest BCUT2D eigenvalue weighted by atomic mass is 9.97. The second-order valence-corrected chi connectivity index (χ2v) is 7.71. The van der Waals surface area contributed by atoms with Crippen LogP contribution in [0.25, 0.3) is 0 Å². The molecule has 1 fully saturated rings. The van der Waals surface area contributed by atoms with Gasteiger partial charge in [0.25, 0.3) is 0 Å². The summed E-state index contributed by atoms with van der Waals surface area (Å²) in [6, 6.07) is 6.74. The van der Waals surface area contributed by atoms with Crippen molar-refractivity contribution in [3.8, 4) is 0 Å². The van der Waals surface area contributed by atoms with Gasteiger partial charge in [-0.3, -0.25) is 0 Å². The van der Waals surface area contributed by atoms with Crippen LogP contribution in [0.5, 0.6) is 0 Å². The molecule has 1 aliphatic heterocycles. The summed E-state index contributed by atoms with van der Waals surface area (Å²) in [5.41, 5.74) is 0. The number of halogens is 1. The topological polar surface area (TPSA) is 46.6 Å². The number of nitrogens with zero attached hydrogens (tertiary/aromatic N) is 1. The van der Waals surface area contributed by atoms with Gasteiger partial charge in [0.2, 0.25) is 10.0 Å². The van der Waals surface area contributed by atoms with Crippen molar-refractivity contribution in [3.63, 3.8) is 0 Å². The lowest BCUT2D eigenvalue weighted by Gasteiger charge is -2.35. The first-order chi connectivity index (χ1) is 8.95. The van der Waals surface area contributed by atoms with Gasteiger partial charge in [0.05, 0.1) is 11.0 Å². The normalized spacial score (nSPS) is 25.4. The third-order valence-corrected chi connectivity index (χ3v) is 6.01. The van der Waals surface area contributed by atoms with Crippen molar-refractivity contribution >= 4 is 26.0 Å². The van der Waals surface area contributed by atoms with Crippen molar-refractivity contribution in [2.45, 2.75) is 24.3 Å². The Hall–Kier alpha value is -0.430. The predicted molar refractivity (Wildman–Crippen MR) is 77.5 cm³/mol. The highest BCUT2D eigenvalue weighted by atomic mass is 79.9. The van der Waals surface area contributed by atoms with Gasteiger partial charge in [0.15, 0.2) is 0 Å². The van der Waals surface area contributed by atoms with Crippen LogP contribution in [0.2, 0.25) is 0 Å². The number of ether oxygens (including phenoxy) is 1. The number of piperidine rings is 1. The van der Waals surface area contributed by atoms with E-state index in [1.54, 1.807) is 31.4 Å². The largest absolute Gasteiger partial charge is 0.380 e. The highest BCUT2D eigenvalue weighted by Gasteiger charge is 2.33. The molecule has 0 aliphatic carbocycles. The van der Waals surface area contributed by atoms with Crippen LogP contribution in [-0.2, 0) is 14.8 Å². The Morgan fingerprint density at radius 2 is 1.95 bits per heavy atom. The fourth-order valence-corrected chi connectivity index (χ4v) is 4.02. The van der Waals surface area contributed by atoms with E-state index in [-0.39, 0.29) is 6.10 Å². The Morgan fingerprint density at radius 1 is 1.32 bits per heavy atom. The monoisotopic (exact) mass is 347 g/mol. The fraction of sp³-hybridized carbons (Fsp3) is 0.538. The summed E-state index contributed by atoms with van der Waals surface area (Å²) in [5, 5.41) is 0. The van der Waals surface area contributed by atoms with E-state index in [1.807, 2.05) is 0 Å². The van der Waals surface area contributed by atoms with Gasteiger partial charge >= 0.3 is 0 Å². The molecule has 0 spiro atoms. The highest BCUT2D eigenvalue weighted by Crippen LogP contribution is 2.25. The minimum atomic E-state index is -3.41. The molecule has 2 rings (SSSR count). The summed E-state index contributed by atoms with van der Waals surface area (Å²) in [6.07, 6.45) is 0.799. The molecule has 0 aromatic heterocycles. The first-order valence-electron chi connectivity index (χ1n) is 6.23. The van der Waals surface area contributed by atoms with Crippen LogP contribution in [0, 0.1) is 5.92 Å². The summed E-state index contributed by atoms with van der Waals surface area (Å²) in [7, 11) is -1.78. The maximum atomic E-state index is 12.5. The maximum Gasteiger partial charge on any atom is 0.243 e. The number of hydrogen-bond acceptors (Lipinski definition) is 3. The van der Waals surface area contributed by atoms with Crippen LogP contribution < -0.4 is 0 Å². The molecule has 1 saturated heterocycles. The van der Waals surface area contributed by atoms with Crippen LogP contribution in [-0.4, -0.2) is 39.0 Å². The first-order valence-corrected chi connectivity index (χ1v) is 8.47. The van der Waals surface area contributed by atoms with E-state index in [2.05, 4.69) is 22.9 Å². The van der Waals surface area contributed by atoms with Gasteiger partial charge in [-0.25, -0.2) is 8.42 Å². The highest BCUT2D eigenvalue weighted by molar-refractivity contribution is 9.10. The molecule has 1 aromatic carbocycles. The van der Waals surface area contributed by atoms with E-state index in [4.69, 9.17) is 4.74 Å². The predicted octanol–water partition coefficient (Wildman–Crippen LogP) is 2.49. The fourth-order valence-electron chi connectivity index (χ4n) is 2.29. The minimum absolute atomic E-state index is 0.0287. The molecule has 1 heterocycles. The lowest BCUT2D eigenvalue weighted by molar-refractivity contribution is 0.0184. The first kappa shape index (κ1) is 15.0. The molecule has 106 valence electrons. The second-order valence-electron chi connectivity index (χ2n) is 4.86. The standard InChI is InChI=1S/C13H18BrNO3S/c1-10-7-8-15(9-13(10)18-2)19(16,17)12-5-3-11(14)4-6-12/h3-6,10,13H,7-9H2,1-2H3. The molecule has 4 nitrogen and oxygen atoms in total. The van der Waals surface area contributed by atoms with Crippen LogP contribution in [0.1, 0.15) is 13.3 Å². The van der Waals surface area contributed by atoms with E-state index in [1.165, 1.54) is 4.31 Å². The van der Waals surface area contributed by atoms with E-state index >= 15 is 0 Å². The Balaban J connectivity index is 2.23. The summed E-state index contributed by atoms with van der Waals surface area (Å²) in [5.74, 6) is 0.390. The molecular weight excluding hydrogens is 330 g/mol. The van der Waals surface area contributed by atoms with Crippen LogP contribution >= 0.6 is 15.9 Å². The molecule has 6 heteroatoms. The van der Waals surface area contributed by atoms with Crippen molar-refractivity contribution in [2.75, 3.05) is 20.2 Å². The van der Waals surface area contributed by atoms with E-state index < -0.39 is 10.0 Å². The zero-order valence-electron chi connectivity index (χ0n) is 11.0. The molecule has 2 unspecified atom stereocenters. The number of hydrogen-bond donors (Lipinski definition) is 0. The summed E-state index contributed by atoms with van der Waals surface area (Å²) in [6.45, 7) is 3.08. The van der Waals surface area contributed by atoms with Gasteiger partial charge in [0.1, 0.15) is 0 Å². The Bertz CT molecular complexity index is 529. The van der Waals surface area contributed by atoms with Crippen molar-refractivity contribution in [1.29, 1.82) is 0 Å². The van der Waals surface area contributed by atoms with Crippen LogP contribution in [0.3, 0.4) is 0 Å². The van der Waals surface area contributed by atoms with Gasteiger partial charge < -0.3 is 4.74 Å². The summed E-state index contributed by atoms with van der Waals surface area (Å²) >= 11 is 3.31. The molecule has 0 amide bonds. The molecule has 1 aromatic rings. The smallest absolute Gasteiger partial charge is 0.243 e. The Labute approximate surface area is 122 Å². The zero-order valence-corrected chi connectivity index (χ0v) is 13.4. The number of benzene rings is 1. The number of rotatable bonds is 3. The van der Waals surface area contributed by atoms with Gasteiger partial charge in [-0.2, -0.15) is 4.31 Å². The van der Waals surface area contributed by atoms with Crippen molar-refractivity contribution in [1.82, 2.24) is 4.31 Å². The molecule has 0 radical (unpaired) electrons. The van der Waals surface area contributed by atoms with Gasteiger partial charge in [-0.1, -0.05) is 22.9 Å². The quantitative estimate of drug-likeness (QED) is 0.843. The Kier molecular flexibility index (Phi) is 4.66. The van der Waals surface area contributed by atoms with Gasteiger partial charge in [-0.15, -0.1) is 0 Å². The summed E-state index contributed by atoms with van der Waals surface area (Å²) in [4.78, 5) is 0.333.